The van der Waals surface area contributed by atoms with Gasteiger partial charge in [0.1, 0.15) is 0 Å². The van der Waals surface area contributed by atoms with Crippen LogP contribution in [0.2, 0.25) is 0 Å². The molecule has 0 unspecified atom stereocenters. The van der Waals surface area contributed by atoms with Gasteiger partial charge in [0, 0.05) is 0 Å². The molecule has 0 bridgehead atoms. The first-order valence-electron chi connectivity index (χ1n) is 7.75. The van der Waals surface area contributed by atoms with E-state index in [2.05, 4.69) is 20.9 Å². The number of nitrogens with zero attached hydrogens (tertiary/aromatic N) is 2. The van der Waals surface area contributed by atoms with E-state index in [9.17, 15) is 8.42 Å². The molecule has 0 aliphatic rings. The SMILES string of the molecule is CC(C)S(=O)(=O)n1c(N)nc2ccc(/C(=C/Br)c3ccccc3)cc21. The Kier molecular flexibility index (Phi) is 4.71. The lowest BCUT2D eigenvalue weighted by Crippen LogP contribution is -2.23. The molecule has 7 heteroatoms. The average molecular weight is 420 g/mol. The van der Waals surface area contributed by atoms with Crippen molar-refractivity contribution in [2.75, 3.05) is 5.73 Å². The predicted molar refractivity (Wildman–Crippen MR) is 106 cm³/mol. The van der Waals surface area contributed by atoms with Crippen LogP contribution < -0.4 is 5.73 Å². The normalized spacial score (nSPS) is 12.9. The molecular formula is C18H18BrN3O2S. The minimum absolute atomic E-state index is 0.0232. The van der Waals surface area contributed by atoms with Gasteiger partial charge in [-0.3, -0.25) is 0 Å². The Morgan fingerprint density at radius 3 is 2.44 bits per heavy atom. The highest BCUT2D eigenvalue weighted by Crippen LogP contribution is 2.29. The second-order valence-electron chi connectivity index (χ2n) is 5.92. The van der Waals surface area contributed by atoms with E-state index >= 15 is 0 Å². The van der Waals surface area contributed by atoms with Crippen LogP contribution in [0.5, 0.6) is 0 Å². The highest BCUT2D eigenvalue weighted by atomic mass is 79.9. The van der Waals surface area contributed by atoms with Crippen molar-refractivity contribution in [3.63, 3.8) is 0 Å². The smallest absolute Gasteiger partial charge is 0.244 e. The van der Waals surface area contributed by atoms with Crippen molar-refractivity contribution in [2.45, 2.75) is 19.1 Å². The van der Waals surface area contributed by atoms with Gasteiger partial charge in [-0.2, -0.15) is 0 Å². The quantitative estimate of drug-likeness (QED) is 0.693. The molecule has 0 saturated heterocycles. The molecule has 1 aromatic heterocycles. The average Bonchev–Trinajstić information content (AvgIpc) is 2.92. The standard InChI is InChI=1S/C18H18BrN3O2S/c1-12(2)25(23,24)22-17-10-14(8-9-16(17)21-18(22)20)15(11-19)13-6-4-3-5-7-13/h3-12H,1-2H3,(H2,20,21)/b15-11+. The summed E-state index contributed by atoms with van der Waals surface area (Å²) in [5, 5.41) is -0.601. The number of aromatic nitrogens is 2. The molecule has 25 heavy (non-hydrogen) atoms. The van der Waals surface area contributed by atoms with Crippen LogP contribution in [0.1, 0.15) is 25.0 Å². The largest absolute Gasteiger partial charge is 0.368 e. The molecule has 0 saturated carbocycles. The number of anilines is 1. The molecule has 130 valence electrons. The number of hydrogen-bond donors (Lipinski definition) is 1. The maximum Gasteiger partial charge on any atom is 0.244 e. The van der Waals surface area contributed by atoms with Crippen LogP contribution in [0.25, 0.3) is 16.6 Å². The van der Waals surface area contributed by atoms with Gasteiger partial charge in [-0.25, -0.2) is 17.4 Å². The number of nitrogens with two attached hydrogens (primary N) is 1. The molecular weight excluding hydrogens is 402 g/mol. The maximum atomic E-state index is 12.7. The van der Waals surface area contributed by atoms with Crippen molar-refractivity contribution in [3.8, 4) is 0 Å². The number of halogens is 1. The number of rotatable bonds is 4. The lowest BCUT2D eigenvalue weighted by atomic mass is 9.99. The van der Waals surface area contributed by atoms with Gasteiger partial charge in [0.15, 0.2) is 0 Å². The van der Waals surface area contributed by atoms with Crippen LogP contribution in [0, 0.1) is 0 Å². The zero-order chi connectivity index (χ0) is 18.2. The number of hydrogen-bond acceptors (Lipinski definition) is 4. The van der Waals surface area contributed by atoms with Gasteiger partial charge in [0.2, 0.25) is 16.0 Å². The molecule has 2 N–H and O–H groups in total. The summed E-state index contributed by atoms with van der Waals surface area (Å²) in [4.78, 5) is 6.02. The monoisotopic (exact) mass is 419 g/mol. The summed E-state index contributed by atoms with van der Waals surface area (Å²) in [7, 11) is -3.61. The lowest BCUT2D eigenvalue weighted by molar-refractivity contribution is 0.580. The minimum atomic E-state index is -3.61. The third-order valence-electron chi connectivity index (χ3n) is 3.99. The fourth-order valence-corrected chi connectivity index (χ4v) is 4.30. The fourth-order valence-electron chi connectivity index (χ4n) is 2.63. The third kappa shape index (κ3) is 3.09. The van der Waals surface area contributed by atoms with E-state index in [0.717, 1.165) is 20.7 Å². The van der Waals surface area contributed by atoms with Crippen LogP contribution in [0.3, 0.4) is 0 Å². The first kappa shape index (κ1) is 17.7. The van der Waals surface area contributed by atoms with Gasteiger partial charge in [-0.1, -0.05) is 52.3 Å². The van der Waals surface area contributed by atoms with Crippen LogP contribution in [0.15, 0.2) is 53.5 Å². The van der Waals surface area contributed by atoms with Gasteiger partial charge in [-0.15, -0.1) is 0 Å². The Bertz CT molecular complexity index is 1050. The van der Waals surface area contributed by atoms with E-state index in [0.29, 0.717) is 11.0 Å². The molecule has 0 spiro atoms. The van der Waals surface area contributed by atoms with E-state index < -0.39 is 15.3 Å². The number of fused-ring (bicyclic) bond motifs is 1. The second-order valence-corrected chi connectivity index (χ2v) is 8.72. The topological polar surface area (TPSA) is 78.0 Å². The number of nitrogen functional groups attached to an aromatic ring is 1. The molecule has 3 aromatic rings. The van der Waals surface area contributed by atoms with Gasteiger partial charge in [-0.05, 0) is 47.7 Å². The second kappa shape index (κ2) is 6.65. The van der Waals surface area contributed by atoms with Gasteiger partial charge in [0.25, 0.3) is 0 Å². The van der Waals surface area contributed by atoms with E-state index in [-0.39, 0.29) is 5.95 Å². The third-order valence-corrected chi connectivity index (χ3v) is 6.53. The summed E-state index contributed by atoms with van der Waals surface area (Å²) in [5.74, 6) is -0.0232. The van der Waals surface area contributed by atoms with Crippen LogP contribution >= 0.6 is 15.9 Å². The molecule has 0 atom stereocenters. The molecule has 0 aliphatic heterocycles. The van der Waals surface area contributed by atoms with Gasteiger partial charge < -0.3 is 5.73 Å². The minimum Gasteiger partial charge on any atom is -0.368 e. The summed E-state index contributed by atoms with van der Waals surface area (Å²) in [6, 6.07) is 15.3. The summed E-state index contributed by atoms with van der Waals surface area (Å²) in [5.41, 5.74) is 9.75. The summed E-state index contributed by atoms with van der Waals surface area (Å²) < 4.78 is 26.5. The summed E-state index contributed by atoms with van der Waals surface area (Å²) >= 11 is 3.41. The Hall–Kier alpha value is -2.12. The van der Waals surface area contributed by atoms with Crippen molar-refractivity contribution >= 4 is 48.5 Å². The Morgan fingerprint density at radius 1 is 1.16 bits per heavy atom. The summed E-state index contributed by atoms with van der Waals surface area (Å²) in [6.45, 7) is 3.25. The van der Waals surface area contributed by atoms with E-state index in [1.807, 2.05) is 41.4 Å². The molecule has 5 nitrogen and oxygen atoms in total. The van der Waals surface area contributed by atoms with Crippen LogP contribution in [0.4, 0.5) is 5.95 Å². The van der Waals surface area contributed by atoms with Crippen LogP contribution in [-0.4, -0.2) is 22.6 Å². The lowest BCUT2D eigenvalue weighted by Gasteiger charge is -2.12. The van der Waals surface area contributed by atoms with Gasteiger partial charge >= 0.3 is 0 Å². The molecule has 3 rings (SSSR count). The van der Waals surface area contributed by atoms with Crippen molar-refractivity contribution < 1.29 is 8.42 Å². The van der Waals surface area contributed by atoms with E-state index in [4.69, 9.17) is 5.73 Å². The van der Waals surface area contributed by atoms with Crippen molar-refractivity contribution in [2.24, 2.45) is 0 Å². The molecule has 1 heterocycles. The van der Waals surface area contributed by atoms with Gasteiger partial charge in [0.05, 0.1) is 16.3 Å². The zero-order valence-electron chi connectivity index (χ0n) is 13.8. The van der Waals surface area contributed by atoms with Crippen molar-refractivity contribution in [1.29, 1.82) is 0 Å². The number of imidazole rings is 1. The maximum absolute atomic E-state index is 12.7. The van der Waals surface area contributed by atoms with Crippen molar-refractivity contribution in [1.82, 2.24) is 8.96 Å². The molecule has 2 aromatic carbocycles. The molecule has 0 radical (unpaired) electrons. The Balaban J connectivity index is 2.24. The Labute approximate surface area is 155 Å². The fraction of sp³-hybridized carbons (Fsp3) is 0.167. The van der Waals surface area contributed by atoms with Crippen LogP contribution in [-0.2, 0) is 10.0 Å². The highest BCUT2D eigenvalue weighted by Gasteiger charge is 2.24. The van der Waals surface area contributed by atoms with E-state index in [1.54, 1.807) is 26.0 Å². The number of benzene rings is 2. The first-order valence-corrected chi connectivity index (χ1v) is 10.2. The highest BCUT2D eigenvalue weighted by molar-refractivity contribution is 9.11. The molecule has 0 fully saturated rings. The Morgan fingerprint density at radius 2 is 1.84 bits per heavy atom. The predicted octanol–water partition coefficient (Wildman–Crippen LogP) is 3.99. The molecule has 0 amide bonds. The molecule has 0 aliphatic carbocycles. The zero-order valence-corrected chi connectivity index (χ0v) is 16.3. The van der Waals surface area contributed by atoms with Crippen molar-refractivity contribution in [3.05, 3.63) is 64.6 Å². The first-order chi connectivity index (χ1) is 11.9. The summed E-state index contributed by atoms with van der Waals surface area (Å²) in [6.07, 6.45) is 0. The van der Waals surface area contributed by atoms with E-state index in [1.165, 1.54) is 0 Å².